The van der Waals surface area contributed by atoms with Crippen molar-refractivity contribution in [3.05, 3.63) is 12.7 Å². The van der Waals surface area contributed by atoms with E-state index in [0.717, 1.165) is 6.08 Å². The van der Waals surface area contributed by atoms with Gasteiger partial charge in [0.2, 0.25) is 5.91 Å². The molecule has 0 aromatic rings. The predicted octanol–water partition coefficient (Wildman–Crippen LogP) is -3.15. The molecule has 0 heterocycles. The molecule has 0 fully saturated rings. The topological polar surface area (TPSA) is 100 Å². The minimum Gasteiger partial charge on any atom is -0.748 e. The number of amides is 1. The van der Waals surface area contributed by atoms with Crippen LogP contribution in [0.1, 0.15) is 13.8 Å². The number of hydrogen-bond donors (Lipinski definition) is 1. The van der Waals surface area contributed by atoms with Gasteiger partial charge in [-0.25, -0.2) is 8.42 Å². The Kier molecular flexibility index (Phi) is 15.2. The molecule has 7 heteroatoms. The maximum atomic E-state index is 9.89. The van der Waals surface area contributed by atoms with Gasteiger partial charge in [0.25, 0.3) is 0 Å². The van der Waals surface area contributed by atoms with E-state index in [1.54, 1.807) is 13.8 Å². The van der Waals surface area contributed by atoms with E-state index >= 15 is 0 Å². The average molecular weight is 294 g/mol. The molecule has 1 amide bonds. The third kappa shape index (κ3) is 29.3. The van der Waals surface area contributed by atoms with E-state index in [-0.39, 0.29) is 69.9 Å². The zero-order valence-electron chi connectivity index (χ0n) is 8.69. The maximum Gasteiger partial charge on any atom is 1.00 e. The van der Waals surface area contributed by atoms with Gasteiger partial charge in [-0.15, -0.1) is 0 Å². The number of carbonyl (C=O) groups is 1. The molecule has 0 atom stereocenters. The molecule has 2 N–H and O–H groups in total. The van der Waals surface area contributed by atoms with Crippen molar-refractivity contribution in [2.75, 3.05) is 5.75 Å². The summed E-state index contributed by atoms with van der Waals surface area (Å²) in [6.45, 7) is 6.47. The number of nitrogens with two attached hydrogens (primary N) is 1. The van der Waals surface area contributed by atoms with Crippen LogP contribution in [-0.4, -0.2) is 24.6 Å². The summed E-state index contributed by atoms with van der Waals surface area (Å²) in [7, 11) is -3.97. The van der Waals surface area contributed by atoms with Crippen molar-refractivity contribution < 1.29 is 76.0 Å². The first-order chi connectivity index (χ1) is 5.69. The monoisotopic (exact) mass is 293 g/mol. The van der Waals surface area contributed by atoms with Gasteiger partial charge in [0.05, 0.1) is 10.1 Å². The molecule has 0 radical (unpaired) electrons. The van der Waals surface area contributed by atoms with Gasteiger partial charge in [-0.05, 0) is 12.0 Å². The van der Waals surface area contributed by atoms with Crippen LogP contribution >= 0.6 is 0 Å². The van der Waals surface area contributed by atoms with Crippen LogP contribution in [0.25, 0.3) is 0 Å². The van der Waals surface area contributed by atoms with Gasteiger partial charge in [-0.1, -0.05) is 20.4 Å². The van der Waals surface area contributed by atoms with E-state index in [0.29, 0.717) is 0 Å². The molecule has 5 nitrogen and oxygen atoms in total. The fourth-order valence-corrected chi connectivity index (χ4v) is 1.22. The molecule has 78 valence electrons. The number of primary amides is 1. The molecule has 0 saturated carbocycles. The number of hydrogen-bond acceptors (Lipinski definition) is 4. The van der Waals surface area contributed by atoms with Crippen LogP contribution in [-0.2, 0) is 14.9 Å². The van der Waals surface area contributed by atoms with Crippen molar-refractivity contribution in [1.82, 2.24) is 0 Å². The van der Waals surface area contributed by atoms with Crippen molar-refractivity contribution in [3.8, 4) is 0 Å². The molecule has 0 rings (SSSR count). The molecular formula is C7H14NO4RbS. The van der Waals surface area contributed by atoms with Gasteiger partial charge >= 0.3 is 58.2 Å². The molecule has 0 aromatic carbocycles. The molecule has 14 heavy (non-hydrogen) atoms. The van der Waals surface area contributed by atoms with Crippen LogP contribution in [0.15, 0.2) is 12.7 Å². The Morgan fingerprint density at radius 3 is 1.86 bits per heavy atom. The minimum absolute atomic E-state index is 0. The van der Waals surface area contributed by atoms with Gasteiger partial charge < -0.3 is 10.3 Å². The first-order valence-corrected chi connectivity index (χ1v) is 5.12. The van der Waals surface area contributed by atoms with Crippen LogP contribution in [0.4, 0.5) is 0 Å². The Hall–Kier alpha value is 0.925. The van der Waals surface area contributed by atoms with Crippen LogP contribution in [0.3, 0.4) is 0 Å². The van der Waals surface area contributed by atoms with Crippen molar-refractivity contribution in [1.29, 1.82) is 0 Å². The average Bonchev–Trinajstić information content (AvgIpc) is 1.83. The van der Waals surface area contributed by atoms with E-state index in [9.17, 15) is 17.8 Å². The van der Waals surface area contributed by atoms with Crippen molar-refractivity contribution in [3.63, 3.8) is 0 Å². The normalized spacial score (nSPS) is 9.43. The maximum absolute atomic E-state index is 9.89. The Morgan fingerprint density at radius 2 is 1.86 bits per heavy atom. The first-order valence-electron chi connectivity index (χ1n) is 3.54. The quantitative estimate of drug-likeness (QED) is 0.439. The van der Waals surface area contributed by atoms with Crippen molar-refractivity contribution in [2.45, 2.75) is 13.8 Å². The minimum atomic E-state index is -3.97. The Labute approximate surface area is 134 Å². The SMILES string of the molecule is C=CC(N)=O.CC(C)CS(=O)(=O)[O-].[Rb+]. The fourth-order valence-electron chi connectivity index (χ4n) is 0.408. The number of carbonyl (C=O) groups excluding carboxylic acids is 1. The number of rotatable bonds is 3. The van der Waals surface area contributed by atoms with Gasteiger partial charge in [0.1, 0.15) is 0 Å². The Bertz CT molecular complexity index is 261. The third-order valence-electron chi connectivity index (χ3n) is 0.739. The zero-order valence-corrected chi connectivity index (χ0v) is 14.4. The second-order valence-corrected chi connectivity index (χ2v) is 4.17. The summed E-state index contributed by atoms with van der Waals surface area (Å²) in [5, 5.41) is 0. The second kappa shape index (κ2) is 10.4. The predicted molar refractivity (Wildman–Crippen MR) is 48.8 cm³/mol. The molecule has 0 bridgehead atoms. The van der Waals surface area contributed by atoms with Crippen LogP contribution in [0.5, 0.6) is 0 Å². The van der Waals surface area contributed by atoms with Gasteiger partial charge in [-0.2, -0.15) is 0 Å². The van der Waals surface area contributed by atoms with Gasteiger partial charge in [0, 0.05) is 5.75 Å². The third-order valence-corrected chi connectivity index (χ3v) is 1.81. The van der Waals surface area contributed by atoms with Crippen LogP contribution in [0, 0.1) is 5.92 Å². The van der Waals surface area contributed by atoms with Crippen LogP contribution in [0.2, 0.25) is 0 Å². The summed E-state index contributed by atoms with van der Waals surface area (Å²) in [4.78, 5) is 9.47. The first kappa shape index (κ1) is 20.4. The summed E-state index contributed by atoms with van der Waals surface area (Å²) in [6, 6.07) is 0. The summed E-state index contributed by atoms with van der Waals surface area (Å²) < 4.78 is 29.7. The molecule has 0 aliphatic carbocycles. The summed E-state index contributed by atoms with van der Waals surface area (Å²) in [6.07, 6.45) is 1.06. The van der Waals surface area contributed by atoms with E-state index in [4.69, 9.17) is 0 Å². The summed E-state index contributed by atoms with van der Waals surface area (Å²) >= 11 is 0. The molecule has 0 aliphatic rings. The van der Waals surface area contributed by atoms with E-state index in [2.05, 4.69) is 12.3 Å². The summed E-state index contributed by atoms with van der Waals surface area (Å²) in [5.74, 6) is -0.796. The van der Waals surface area contributed by atoms with Gasteiger partial charge in [-0.3, -0.25) is 4.79 Å². The fraction of sp³-hybridized carbons (Fsp3) is 0.571. The van der Waals surface area contributed by atoms with E-state index < -0.39 is 16.0 Å². The van der Waals surface area contributed by atoms with E-state index in [1.807, 2.05) is 0 Å². The zero-order chi connectivity index (χ0) is 11.1. The molecular weight excluding hydrogens is 280 g/mol. The molecule has 0 aliphatic heterocycles. The van der Waals surface area contributed by atoms with Crippen molar-refractivity contribution >= 4 is 16.0 Å². The standard InChI is InChI=1S/C4H10O3S.C3H5NO.Rb/c1-4(2)3-8(5,6)7;1-2-3(4)5;/h4H,3H2,1-2H3,(H,5,6,7);2H,1H2,(H2,4,5);/q;;+1/p-1. The molecule has 0 unspecified atom stereocenters. The smallest absolute Gasteiger partial charge is 0.748 e. The molecule has 0 aromatic heterocycles. The Balaban J connectivity index is -0.000000177. The largest absolute Gasteiger partial charge is 1.00 e. The van der Waals surface area contributed by atoms with Crippen molar-refractivity contribution in [2.24, 2.45) is 11.7 Å². The molecule has 0 saturated heterocycles. The molecule has 0 spiro atoms. The van der Waals surface area contributed by atoms with E-state index in [1.165, 1.54) is 0 Å². The van der Waals surface area contributed by atoms with Gasteiger partial charge in [0.15, 0.2) is 0 Å². The Morgan fingerprint density at radius 1 is 1.57 bits per heavy atom. The second-order valence-electron chi connectivity index (χ2n) is 2.72. The van der Waals surface area contributed by atoms with Crippen LogP contribution < -0.4 is 63.9 Å². The summed E-state index contributed by atoms with van der Waals surface area (Å²) in [5.41, 5.74) is 4.53.